The third-order valence-corrected chi connectivity index (χ3v) is 11.6. The van der Waals surface area contributed by atoms with E-state index in [0.29, 0.717) is 49.9 Å². The van der Waals surface area contributed by atoms with E-state index in [0.717, 1.165) is 16.7 Å². The molecule has 0 aliphatic carbocycles. The van der Waals surface area contributed by atoms with Gasteiger partial charge in [-0.05, 0) is 82.4 Å². The molecule has 0 bridgehead atoms. The van der Waals surface area contributed by atoms with Gasteiger partial charge >= 0.3 is 6.09 Å². The first-order chi connectivity index (χ1) is 19.3. The van der Waals surface area contributed by atoms with Crippen LogP contribution in [0.1, 0.15) is 51.2 Å². The van der Waals surface area contributed by atoms with E-state index in [1.54, 1.807) is 62.2 Å². The van der Waals surface area contributed by atoms with Crippen LogP contribution in [0, 0.1) is 6.92 Å². The molecule has 4 heterocycles. The van der Waals surface area contributed by atoms with E-state index < -0.39 is 37.0 Å². The number of carbonyl (C=O) groups excluding carboxylic acids is 1. The summed E-state index contributed by atoms with van der Waals surface area (Å²) in [6, 6.07) is 10.3. The SMILES string of the molecule is Cc1ccc(S(=O)(=O)n2ccc3c(C4=CCN(S(=O)(=O)C5CCN(C(=O)OC(C)(C)C)CC5)CC4)ccnc32)cc1. The van der Waals surface area contributed by atoms with Crippen LogP contribution in [-0.2, 0) is 24.8 Å². The third kappa shape index (κ3) is 5.91. The number of piperidine rings is 1. The van der Waals surface area contributed by atoms with Crippen LogP contribution in [0.25, 0.3) is 16.6 Å². The van der Waals surface area contributed by atoms with Crippen LogP contribution < -0.4 is 0 Å². The Morgan fingerprint density at radius 3 is 2.27 bits per heavy atom. The van der Waals surface area contributed by atoms with Crippen LogP contribution in [0.3, 0.4) is 0 Å². The number of aromatic nitrogens is 2. The second-order valence-electron chi connectivity index (χ2n) is 11.6. The highest BCUT2D eigenvalue weighted by molar-refractivity contribution is 7.90. The molecule has 0 atom stereocenters. The molecule has 3 aromatic rings. The Kier molecular flexibility index (Phi) is 7.77. The number of benzene rings is 1. The molecule has 220 valence electrons. The molecule has 1 saturated heterocycles. The first kappa shape index (κ1) is 29.3. The average Bonchev–Trinajstić information content (AvgIpc) is 3.38. The van der Waals surface area contributed by atoms with E-state index in [1.807, 2.05) is 19.1 Å². The summed E-state index contributed by atoms with van der Waals surface area (Å²) in [6.45, 7) is 8.55. The van der Waals surface area contributed by atoms with Gasteiger partial charge in [0.15, 0.2) is 5.65 Å². The fourth-order valence-corrected chi connectivity index (χ4v) is 8.47. The smallest absolute Gasteiger partial charge is 0.410 e. The van der Waals surface area contributed by atoms with E-state index in [9.17, 15) is 21.6 Å². The van der Waals surface area contributed by atoms with E-state index in [-0.39, 0.29) is 11.4 Å². The second kappa shape index (κ2) is 10.9. The second-order valence-corrected chi connectivity index (χ2v) is 15.6. The van der Waals surface area contributed by atoms with Crippen molar-refractivity contribution in [2.24, 2.45) is 0 Å². The van der Waals surface area contributed by atoms with E-state index in [2.05, 4.69) is 4.98 Å². The van der Waals surface area contributed by atoms with E-state index in [4.69, 9.17) is 4.74 Å². The van der Waals surface area contributed by atoms with Crippen molar-refractivity contribution in [2.45, 2.75) is 62.7 Å². The largest absolute Gasteiger partial charge is 0.444 e. The number of ether oxygens (including phenoxy) is 1. The van der Waals surface area contributed by atoms with E-state index >= 15 is 0 Å². The topological polar surface area (TPSA) is 119 Å². The van der Waals surface area contributed by atoms with Gasteiger partial charge in [0.05, 0.1) is 10.1 Å². The zero-order valence-corrected chi connectivity index (χ0v) is 25.4. The van der Waals surface area contributed by atoms with Gasteiger partial charge < -0.3 is 9.64 Å². The van der Waals surface area contributed by atoms with Crippen molar-refractivity contribution in [3.63, 3.8) is 0 Å². The lowest BCUT2D eigenvalue weighted by Gasteiger charge is -2.36. The number of pyridine rings is 1. The van der Waals surface area contributed by atoms with Crippen molar-refractivity contribution < 1.29 is 26.4 Å². The highest BCUT2D eigenvalue weighted by Gasteiger charge is 2.37. The molecule has 0 radical (unpaired) electrons. The van der Waals surface area contributed by atoms with Gasteiger partial charge in [0.2, 0.25) is 10.0 Å². The lowest BCUT2D eigenvalue weighted by atomic mass is 9.99. The maximum absolute atomic E-state index is 13.5. The fourth-order valence-electron chi connectivity index (χ4n) is 5.31. The van der Waals surface area contributed by atoms with Crippen LogP contribution in [-0.4, -0.2) is 78.1 Å². The van der Waals surface area contributed by atoms with Crippen molar-refractivity contribution in [1.82, 2.24) is 18.2 Å². The lowest BCUT2D eigenvalue weighted by molar-refractivity contribution is 0.0216. The standard InChI is InChI=1S/C29H36N4O6S2/c1-21-5-7-23(8-6-21)41(37,38)33-20-14-26-25(9-15-30-27(26)33)22-10-18-32(19-11-22)40(35,36)24-12-16-31(17-13-24)28(34)39-29(2,3)4/h5-10,14-15,20,24H,11-13,16-19H2,1-4H3. The number of hydrogen-bond acceptors (Lipinski definition) is 7. The van der Waals surface area contributed by atoms with Crippen LogP contribution in [0.15, 0.2) is 59.8 Å². The number of nitrogens with zero attached hydrogens (tertiary/aromatic N) is 4. The maximum Gasteiger partial charge on any atom is 0.410 e. The first-order valence-corrected chi connectivity index (χ1v) is 16.7. The number of carbonyl (C=O) groups is 1. The number of aryl methyl sites for hydroxylation is 1. The molecule has 2 aliphatic heterocycles. The molecule has 2 aliphatic rings. The summed E-state index contributed by atoms with van der Waals surface area (Å²) in [5.41, 5.74) is 2.49. The van der Waals surface area contributed by atoms with Crippen LogP contribution >= 0.6 is 0 Å². The predicted octanol–water partition coefficient (Wildman–Crippen LogP) is 4.40. The number of sulfonamides is 1. The molecule has 10 nitrogen and oxygen atoms in total. The Morgan fingerprint density at radius 2 is 1.66 bits per heavy atom. The molecule has 1 aromatic carbocycles. The minimum Gasteiger partial charge on any atom is -0.444 e. The summed E-state index contributed by atoms with van der Waals surface area (Å²) >= 11 is 0. The van der Waals surface area contributed by atoms with Crippen LogP contribution in [0.2, 0.25) is 0 Å². The van der Waals surface area contributed by atoms with Gasteiger partial charge in [-0.25, -0.2) is 30.6 Å². The molecule has 0 spiro atoms. The molecule has 0 unspecified atom stereocenters. The maximum atomic E-state index is 13.5. The number of fused-ring (bicyclic) bond motifs is 1. The summed E-state index contributed by atoms with van der Waals surface area (Å²) in [7, 11) is -7.38. The lowest BCUT2D eigenvalue weighted by Crippen LogP contribution is -2.48. The Bertz CT molecular complexity index is 1700. The van der Waals surface area contributed by atoms with Crippen molar-refractivity contribution in [3.05, 3.63) is 66.0 Å². The normalized spacial score (nSPS) is 18.0. The Hall–Kier alpha value is -3.22. The average molecular weight is 601 g/mol. The summed E-state index contributed by atoms with van der Waals surface area (Å²) in [5, 5.41) is 0.144. The Morgan fingerprint density at radius 1 is 0.976 bits per heavy atom. The summed E-state index contributed by atoms with van der Waals surface area (Å²) in [5.74, 6) is 0. The molecule has 0 N–H and O–H groups in total. The molecule has 1 amide bonds. The van der Waals surface area contributed by atoms with Gasteiger partial charge in [-0.3, -0.25) is 0 Å². The van der Waals surface area contributed by atoms with Crippen molar-refractivity contribution >= 4 is 42.7 Å². The quantitative estimate of drug-likeness (QED) is 0.426. The molecule has 0 saturated carbocycles. The summed E-state index contributed by atoms with van der Waals surface area (Å²) in [4.78, 5) is 18.5. The van der Waals surface area contributed by atoms with E-state index in [1.165, 1.54) is 14.5 Å². The van der Waals surface area contributed by atoms with Crippen molar-refractivity contribution in [2.75, 3.05) is 26.2 Å². The molecule has 5 rings (SSSR count). The minimum absolute atomic E-state index is 0.183. The molecular formula is C29H36N4O6S2. The zero-order chi connectivity index (χ0) is 29.6. The predicted molar refractivity (Wildman–Crippen MR) is 157 cm³/mol. The monoisotopic (exact) mass is 600 g/mol. The Labute approximate surface area is 241 Å². The highest BCUT2D eigenvalue weighted by Crippen LogP contribution is 2.32. The number of likely N-dealkylation sites (tertiary alicyclic amines) is 1. The van der Waals surface area contributed by atoms with Crippen LogP contribution in [0.5, 0.6) is 0 Å². The van der Waals surface area contributed by atoms with Gasteiger partial charge in [-0.1, -0.05) is 23.8 Å². The number of hydrogen-bond donors (Lipinski definition) is 0. The van der Waals surface area contributed by atoms with Gasteiger partial charge in [0.1, 0.15) is 5.60 Å². The zero-order valence-electron chi connectivity index (χ0n) is 23.8. The molecular weight excluding hydrogens is 564 g/mol. The Balaban J connectivity index is 1.30. The van der Waals surface area contributed by atoms with Gasteiger partial charge in [0, 0.05) is 44.0 Å². The van der Waals surface area contributed by atoms with Gasteiger partial charge in [-0.2, -0.15) is 4.31 Å². The van der Waals surface area contributed by atoms with Crippen molar-refractivity contribution in [1.29, 1.82) is 0 Å². The summed E-state index contributed by atoms with van der Waals surface area (Å²) < 4.78 is 61.7. The fraction of sp³-hybridized carbons (Fsp3) is 0.448. The van der Waals surface area contributed by atoms with Crippen molar-refractivity contribution in [3.8, 4) is 0 Å². The molecule has 1 fully saturated rings. The van der Waals surface area contributed by atoms with Crippen LogP contribution in [0.4, 0.5) is 4.79 Å². The number of rotatable bonds is 5. The van der Waals surface area contributed by atoms with Gasteiger partial charge in [0.25, 0.3) is 10.0 Å². The molecule has 2 aromatic heterocycles. The third-order valence-electron chi connectivity index (χ3n) is 7.52. The van der Waals surface area contributed by atoms with Gasteiger partial charge in [-0.15, -0.1) is 0 Å². The molecule has 41 heavy (non-hydrogen) atoms. The number of amides is 1. The summed E-state index contributed by atoms with van der Waals surface area (Å²) in [6.07, 6.45) is 5.80. The molecule has 12 heteroatoms. The highest BCUT2D eigenvalue weighted by atomic mass is 32.2. The first-order valence-electron chi connectivity index (χ1n) is 13.7. The minimum atomic E-state index is -3.83.